The predicted molar refractivity (Wildman–Crippen MR) is 106 cm³/mol. The minimum Gasteiger partial charge on any atom is -0.355 e. The number of sulfone groups is 1. The average molecular weight is 458 g/mol. The van der Waals surface area contributed by atoms with E-state index < -0.39 is 9.84 Å². The van der Waals surface area contributed by atoms with E-state index in [1.54, 1.807) is 7.05 Å². The molecule has 2 heterocycles. The number of guanidine groups is 1. The second-order valence-corrected chi connectivity index (χ2v) is 9.11. The molecule has 0 radical (unpaired) electrons. The summed E-state index contributed by atoms with van der Waals surface area (Å²) >= 11 is 0. The van der Waals surface area contributed by atoms with Gasteiger partial charge in [-0.05, 0) is 31.7 Å². The summed E-state index contributed by atoms with van der Waals surface area (Å²) in [6.07, 6.45) is 3.15. The fraction of sp³-hybridized carbons (Fsp3) is 0.933. The van der Waals surface area contributed by atoms with Crippen LogP contribution >= 0.6 is 24.0 Å². The maximum Gasteiger partial charge on any atom is 0.191 e. The topological polar surface area (TPSA) is 73.8 Å². The van der Waals surface area contributed by atoms with Crippen LogP contribution in [0.15, 0.2) is 4.99 Å². The number of halogens is 1. The number of likely N-dealkylation sites (tertiary alicyclic amines) is 1. The van der Waals surface area contributed by atoms with E-state index >= 15 is 0 Å². The van der Waals surface area contributed by atoms with Gasteiger partial charge >= 0.3 is 0 Å². The zero-order valence-electron chi connectivity index (χ0n) is 14.4. The van der Waals surface area contributed by atoms with E-state index in [1.165, 1.54) is 19.4 Å². The molecule has 136 valence electrons. The molecule has 2 aliphatic heterocycles. The molecule has 6 nitrogen and oxygen atoms in total. The average Bonchev–Trinajstić information content (AvgIpc) is 3.00. The normalized spacial score (nSPS) is 27.9. The van der Waals surface area contributed by atoms with Gasteiger partial charge in [0.25, 0.3) is 0 Å². The van der Waals surface area contributed by atoms with Crippen LogP contribution in [0, 0.1) is 5.92 Å². The Hall–Kier alpha value is -0.0900. The Morgan fingerprint density at radius 1 is 1.35 bits per heavy atom. The maximum absolute atomic E-state index is 11.5. The Morgan fingerprint density at radius 2 is 2.09 bits per heavy atom. The zero-order valence-corrected chi connectivity index (χ0v) is 17.6. The van der Waals surface area contributed by atoms with Gasteiger partial charge in [0.2, 0.25) is 0 Å². The van der Waals surface area contributed by atoms with E-state index in [9.17, 15) is 8.42 Å². The van der Waals surface area contributed by atoms with Crippen LogP contribution in [-0.4, -0.2) is 69.5 Å². The number of nitrogens with one attached hydrogen (secondary N) is 2. The van der Waals surface area contributed by atoms with Crippen molar-refractivity contribution >= 4 is 39.8 Å². The number of nitrogens with zero attached hydrogens (tertiary/aromatic N) is 2. The van der Waals surface area contributed by atoms with Gasteiger partial charge in [-0.3, -0.25) is 9.89 Å². The number of rotatable bonds is 5. The van der Waals surface area contributed by atoms with E-state index in [2.05, 4.69) is 34.4 Å². The van der Waals surface area contributed by atoms with Crippen LogP contribution in [0.1, 0.15) is 33.1 Å². The molecule has 2 atom stereocenters. The standard InChI is InChI=1S/C15H30N4O2S.HI/c1-12(2)10-19-7-4-5-14(19)9-17-15(16-3)18-13-6-8-22(20,21)11-13;/h12-14H,4-11H2,1-3H3,(H2,16,17,18);1H/t13?,14-;/m1./s1. The first-order valence-corrected chi connectivity index (χ1v) is 10.1. The third-order valence-corrected chi connectivity index (χ3v) is 6.17. The van der Waals surface area contributed by atoms with Crippen molar-refractivity contribution in [3.63, 3.8) is 0 Å². The van der Waals surface area contributed by atoms with Crippen molar-refractivity contribution in [3.05, 3.63) is 0 Å². The van der Waals surface area contributed by atoms with Crippen molar-refractivity contribution in [1.29, 1.82) is 0 Å². The Kier molecular flexibility index (Phi) is 8.57. The SMILES string of the molecule is CN=C(NC[C@H]1CCCN1CC(C)C)NC1CCS(=O)(=O)C1.I. The van der Waals surface area contributed by atoms with Crippen molar-refractivity contribution in [2.75, 3.05) is 38.2 Å². The summed E-state index contributed by atoms with van der Waals surface area (Å²) in [7, 11) is -1.12. The molecule has 2 saturated heterocycles. The van der Waals surface area contributed by atoms with Gasteiger partial charge in [-0.15, -0.1) is 24.0 Å². The first-order valence-electron chi connectivity index (χ1n) is 8.31. The monoisotopic (exact) mass is 458 g/mol. The Bertz CT molecular complexity index is 496. The van der Waals surface area contributed by atoms with Crippen LogP contribution < -0.4 is 10.6 Å². The van der Waals surface area contributed by atoms with Crippen molar-refractivity contribution in [2.24, 2.45) is 10.9 Å². The van der Waals surface area contributed by atoms with Gasteiger partial charge in [0.05, 0.1) is 11.5 Å². The molecule has 1 unspecified atom stereocenters. The Morgan fingerprint density at radius 3 is 2.65 bits per heavy atom. The molecule has 0 aromatic carbocycles. The lowest BCUT2D eigenvalue weighted by molar-refractivity contribution is 0.226. The summed E-state index contributed by atoms with van der Waals surface area (Å²) in [6, 6.07) is 0.541. The summed E-state index contributed by atoms with van der Waals surface area (Å²) in [6.45, 7) is 7.69. The lowest BCUT2D eigenvalue weighted by Gasteiger charge is -2.27. The van der Waals surface area contributed by atoms with Gasteiger partial charge < -0.3 is 10.6 Å². The van der Waals surface area contributed by atoms with Gasteiger partial charge in [-0.25, -0.2) is 8.42 Å². The minimum atomic E-state index is -2.86. The zero-order chi connectivity index (χ0) is 16.2. The molecule has 0 amide bonds. The molecular weight excluding hydrogens is 427 g/mol. The van der Waals surface area contributed by atoms with E-state index in [4.69, 9.17) is 0 Å². The van der Waals surface area contributed by atoms with Crippen molar-refractivity contribution in [1.82, 2.24) is 15.5 Å². The molecule has 2 N–H and O–H groups in total. The fourth-order valence-corrected chi connectivity index (χ4v) is 5.02. The predicted octanol–water partition coefficient (Wildman–Crippen LogP) is 1.08. The molecule has 0 bridgehead atoms. The number of hydrogen-bond donors (Lipinski definition) is 2. The third-order valence-electron chi connectivity index (χ3n) is 4.40. The van der Waals surface area contributed by atoms with E-state index in [0.717, 1.165) is 19.0 Å². The third kappa shape index (κ3) is 6.74. The Labute approximate surface area is 157 Å². The first-order chi connectivity index (χ1) is 10.4. The molecule has 2 aliphatic rings. The summed E-state index contributed by atoms with van der Waals surface area (Å²) < 4.78 is 23.0. The first kappa shape index (κ1) is 21.0. The van der Waals surface area contributed by atoms with Gasteiger partial charge in [0.1, 0.15) is 0 Å². The van der Waals surface area contributed by atoms with Crippen LogP contribution in [-0.2, 0) is 9.84 Å². The number of hydrogen-bond acceptors (Lipinski definition) is 4. The van der Waals surface area contributed by atoms with E-state index in [-0.39, 0.29) is 41.5 Å². The molecule has 0 spiro atoms. The maximum atomic E-state index is 11.5. The summed E-state index contributed by atoms with van der Waals surface area (Å²) in [5.41, 5.74) is 0. The fourth-order valence-electron chi connectivity index (χ4n) is 3.35. The molecular formula is C15H31IN4O2S. The molecule has 2 rings (SSSR count). The van der Waals surface area contributed by atoms with Gasteiger partial charge in [-0.2, -0.15) is 0 Å². The van der Waals surface area contributed by atoms with E-state index in [0.29, 0.717) is 18.4 Å². The van der Waals surface area contributed by atoms with Crippen LogP contribution in [0.25, 0.3) is 0 Å². The van der Waals surface area contributed by atoms with Crippen LogP contribution in [0.4, 0.5) is 0 Å². The van der Waals surface area contributed by atoms with Gasteiger partial charge in [0, 0.05) is 32.2 Å². The molecule has 8 heteroatoms. The highest BCUT2D eigenvalue weighted by atomic mass is 127. The molecule has 2 fully saturated rings. The van der Waals surface area contributed by atoms with Crippen molar-refractivity contribution in [2.45, 2.75) is 45.2 Å². The lowest BCUT2D eigenvalue weighted by atomic mass is 10.1. The highest BCUT2D eigenvalue weighted by molar-refractivity contribution is 14.0. The van der Waals surface area contributed by atoms with Gasteiger partial charge in [-0.1, -0.05) is 13.8 Å². The van der Waals surface area contributed by atoms with Crippen LogP contribution in [0.3, 0.4) is 0 Å². The minimum absolute atomic E-state index is 0. The van der Waals surface area contributed by atoms with E-state index in [1.807, 2.05) is 0 Å². The molecule has 23 heavy (non-hydrogen) atoms. The molecule has 0 aromatic rings. The largest absolute Gasteiger partial charge is 0.355 e. The second-order valence-electron chi connectivity index (χ2n) is 6.88. The van der Waals surface area contributed by atoms with Crippen molar-refractivity contribution in [3.8, 4) is 0 Å². The molecule has 0 aromatic heterocycles. The quantitative estimate of drug-likeness (QED) is 0.367. The highest BCUT2D eigenvalue weighted by Gasteiger charge is 2.29. The highest BCUT2D eigenvalue weighted by Crippen LogP contribution is 2.18. The summed E-state index contributed by atoms with van der Waals surface area (Å²) in [4.78, 5) is 6.77. The molecule has 0 aliphatic carbocycles. The van der Waals surface area contributed by atoms with Crippen LogP contribution in [0.2, 0.25) is 0 Å². The Balaban J connectivity index is 0.00000264. The van der Waals surface area contributed by atoms with Gasteiger partial charge in [0.15, 0.2) is 15.8 Å². The lowest BCUT2D eigenvalue weighted by Crippen LogP contribution is -2.48. The number of aliphatic imine (C=N–C) groups is 1. The summed E-state index contributed by atoms with van der Waals surface area (Å²) in [5, 5.41) is 6.61. The van der Waals surface area contributed by atoms with Crippen LogP contribution in [0.5, 0.6) is 0 Å². The summed E-state index contributed by atoms with van der Waals surface area (Å²) in [5.74, 6) is 1.91. The van der Waals surface area contributed by atoms with Crippen molar-refractivity contribution < 1.29 is 8.42 Å². The molecule has 0 saturated carbocycles. The second kappa shape index (κ2) is 9.41. The smallest absolute Gasteiger partial charge is 0.191 e.